The van der Waals surface area contributed by atoms with Crippen molar-refractivity contribution in [2.24, 2.45) is 11.8 Å². The molecule has 4 heteroatoms. The van der Waals surface area contributed by atoms with Gasteiger partial charge in [0.25, 0.3) is 0 Å². The lowest BCUT2D eigenvalue weighted by Crippen LogP contribution is -2.33. The van der Waals surface area contributed by atoms with Crippen LogP contribution in [-0.2, 0) is 11.3 Å². The van der Waals surface area contributed by atoms with Gasteiger partial charge in [-0.3, -0.25) is 4.79 Å². The van der Waals surface area contributed by atoms with E-state index in [0.29, 0.717) is 18.3 Å². The molecule has 2 N–H and O–H groups in total. The Morgan fingerprint density at radius 3 is 2.92 bits per heavy atom. The second-order valence-corrected chi connectivity index (χ2v) is 7.04. The average molecular weight is 327 g/mol. The van der Waals surface area contributed by atoms with Crippen molar-refractivity contribution in [3.05, 3.63) is 36.5 Å². The maximum atomic E-state index is 12.1. The lowest BCUT2D eigenvalue weighted by Gasteiger charge is -2.27. The van der Waals surface area contributed by atoms with Crippen molar-refractivity contribution in [3.63, 3.8) is 0 Å². The van der Waals surface area contributed by atoms with E-state index in [2.05, 4.69) is 58.7 Å². The smallest absolute Gasteiger partial charge is 0.220 e. The number of hydrogen-bond donors (Lipinski definition) is 2. The van der Waals surface area contributed by atoms with Crippen LogP contribution >= 0.6 is 0 Å². The number of aryl methyl sites for hydroxylation is 1. The minimum atomic E-state index is 0.207. The number of rotatable bonds is 7. The molecule has 3 rings (SSSR count). The van der Waals surface area contributed by atoms with Gasteiger partial charge in [-0.1, -0.05) is 25.1 Å². The Morgan fingerprint density at radius 2 is 2.08 bits per heavy atom. The number of hydrogen-bond acceptors (Lipinski definition) is 2. The zero-order valence-corrected chi connectivity index (χ0v) is 14.6. The number of carbonyl (C=O) groups excluding carboxylic acids is 1. The van der Waals surface area contributed by atoms with Gasteiger partial charge in [-0.15, -0.1) is 0 Å². The van der Waals surface area contributed by atoms with E-state index in [-0.39, 0.29) is 5.91 Å². The van der Waals surface area contributed by atoms with Crippen LogP contribution in [0.1, 0.15) is 32.6 Å². The molecule has 1 unspecified atom stereocenters. The molecule has 0 radical (unpaired) electrons. The van der Waals surface area contributed by atoms with Gasteiger partial charge in [0.05, 0.1) is 0 Å². The van der Waals surface area contributed by atoms with Crippen LogP contribution in [0.2, 0.25) is 0 Å². The second-order valence-electron chi connectivity index (χ2n) is 7.04. The largest absolute Gasteiger partial charge is 0.356 e. The number of para-hydroxylation sites is 1. The van der Waals surface area contributed by atoms with E-state index in [1.807, 2.05) is 0 Å². The van der Waals surface area contributed by atoms with Crippen molar-refractivity contribution in [3.8, 4) is 0 Å². The van der Waals surface area contributed by atoms with Crippen molar-refractivity contribution in [1.29, 1.82) is 0 Å². The van der Waals surface area contributed by atoms with Crippen LogP contribution in [0.5, 0.6) is 0 Å². The molecule has 1 atom stereocenters. The molecule has 0 bridgehead atoms. The molecule has 1 fully saturated rings. The Morgan fingerprint density at radius 1 is 1.29 bits per heavy atom. The van der Waals surface area contributed by atoms with Crippen molar-refractivity contribution in [2.75, 3.05) is 19.6 Å². The van der Waals surface area contributed by atoms with Gasteiger partial charge in [-0.2, -0.15) is 0 Å². The SMILES string of the molecule is CC(CC(=O)NCCCn1ccc2ccccc21)C1CCNCC1. The Labute approximate surface area is 144 Å². The first-order valence-electron chi connectivity index (χ1n) is 9.25. The highest BCUT2D eigenvalue weighted by atomic mass is 16.1. The summed E-state index contributed by atoms with van der Waals surface area (Å²) in [6.45, 7) is 6.12. The summed E-state index contributed by atoms with van der Waals surface area (Å²) in [5.41, 5.74) is 1.27. The Balaban J connectivity index is 1.37. The van der Waals surface area contributed by atoms with E-state index in [1.54, 1.807) is 0 Å². The number of fused-ring (bicyclic) bond motifs is 1. The highest BCUT2D eigenvalue weighted by Crippen LogP contribution is 2.24. The number of carbonyl (C=O) groups is 1. The van der Waals surface area contributed by atoms with Crippen LogP contribution in [-0.4, -0.2) is 30.1 Å². The van der Waals surface area contributed by atoms with E-state index in [1.165, 1.54) is 23.7 Å². The van der Waals surface area contributed by atoms with E-state index in [4.69, 9.17) is 0 Å². The topological polar surface area (TPSA) is 46.1 Å². The van der Waals surface area contributed by atoms with Gasteiger partial charge < -0.3 is 15.2 Å². The third-order valence-corrected chi connectivity index (χ3v) is 5.27. The summed E-state index contributed by atoms with van der Waals surface area (Å²) in [5, 5.41) is 7.76. The van der Waals surface area contributed by atoms with Crippen LogP contribution < -0.4 is 10.6 Å². The zero-order chi connectivity index (χ0) is 16.8. The first kappa shape index (κ1) is 17.0. The van der Waals surface area contributed by atoms with Crippen molar-refractivity contribution in [1.82, 2.24) is 15.2 Å². The van der Waals surface area contributed by atoms with Gasteiger partial charge in [0, 0.05) is 31.2 Å². The number of benzene rings is 1. The highest BCUT2D eigenvalue weighted by molar-refractivity contribution is 5.79. The molecule has 1 aliphatic rings. The monoisotopic (exact) mass is 327 g/mol. The molecule has 1 aromatic heterocycles. The second kappa shape index (κ2) is 8.34. The Hall–Kier alpha value is -1.81. The fourth-order valence-corrected chi connectivity index (χ4v) is 3.76. The molecular formula is C20H29N3O. The molecule has 2 aromatic rings. The molecule has 1 aliphatic heterocycles. The summed E-state index contributed by atoms with van der Waals surface area (Å²) in [4.78, 5) is 12.1. The molecule has 2 heterocycles. The molecular weight excluding hydrogens is 298 g/mol. The minimum Gasteiger partial charge on any atom is -0.356 e. The predicted octanol–water partition coefficient (Wildman–Crippen LogP) is 3.17. The summed E-state index contributed by atoms with van der Waals surface area (Å²) in [6.07, 6.45) is 6.17. The molecule has 24 heavy (non-hydrogen) atoms. The van der Waals surface area contributed by atoms with Gasteiger partial charge in [-0.05, 0) is 61.7 Å². The van der Waals surface area contributed by atoms with Crippen molar-refractivity contribution >= 4 is 16.8 Å². The summed E-state index contributed by atoms with van der Waals surface area (Å²) in [5.74, 6) is 1.39. The summed E-state index contributed by atoms with van der Waals surface area (Å²) < 4.78 is 2.26. The van der Waals surface area contributed by atoms with Gasteiger partial charge in [0.15, 0.2) is 0 Å². The normalized spacial score (nSPS) is 17.0. The average Bonchev–Trinajstić information content (AvgIpc) is 3.03. The predicted molar refractivity (Wildman–Crippen MR) is 98.9 cm³/mol. The lowest BCUT2D eigenvalue weighted by molar-refractivity contribution is -0.122. The number of piperidine rings is 1. The number of aromatic nitrogens is 1. The molecule has 1 aromatic carbocycles. The van der Waals surface area contributed by atoms with E-state index in [9.17, 15) is 4.79 Å². The van der Waals surface area contributed by atoms with Crippen LogP contribution in [0, 0.1) is 11.8 Å². The molecule has 4 nitrogen and oxygen atoms in total. The van der Waals surface area contributed by atoms with Gasteiger partial charge >= 0.3 is 0 Å². The Kier molecular flexibility index (Phi) is 5.91. The number of nitrogens with zero attached hydrogens (tertiary/aromatic N) is 1. The van der Waals surface area contributed by atoms with Crippen molar-refractivity contribution < 1.29 is 4.79 Å². The quantitative estimate of drug-likeness (QED) is 0.767. The minimum absolute atomic E-state index is 0.207. The third kappa shape index (κ3) is 4.38. The first-order valence-corrected chi connectivity index (χ1v) is 9.25. The maximum absolute atomic E-state index is 12.1. The summed E-state index contributed by atoms with van der Waals surface area (Å²) >= 11 is 0. The summed E-state index contributed by atoms with van der Waals surface area (Å²) in [6, 6.07) is 10.6. The van der Waals surface area contributed by atoms with Crippen LogP contribution in [0.4, 0.5) is 0 Å². The Bertz CT molecular complexity index is 658. The van der Waals surface area contributed by atoms with Gasteiger partial charge in [0.1, 0.15) is 0 Å². The molecule has 130 valence electrons. The van der Waals surface area contributed by atoms with E-state index in [0.717, 1.165) is 32.6 Å². The maximum Gasteiger partial charge on any atom is 0.220 e. The van der Waals surface area contributed by atoms with Crippen LogP contribution in [0.15, 0.2) is 36.5 Å². The highest BCUT2D eigenvalue weighted by Gasteiger charge is 2.21. The standard InChI is InChI=1S/C20H29N3O/c1-16(17-7-11-21-12-8-17)15-20(24)22-10-4-13-23-14-9-18-5-2-3-6-19(18)23/h2-3,5-6,9,14,16-17,21H,4,7-8,10-13,15H2,1H3,(H,22,24). The van der Waals surface area contributed by atoms with Gasteiger partial charge in [-0.25, -0.2) is 0 Å². The van der Waals surface area contributed by atoms with Crippen molar-refractivity contribution in [2.45, 2.75) is 39.2 Å². The summed E-state index contributed by atoms with van der Waals surface area (Å²) in [7, 11) is 0. The fraction of sp³-hybridized carbons (Fsp3) is 0.550. The number of amides is 1. The first-order chi connectivity index (χ1) is 11.7. The third-order valence-electron chi connectivity index (χ3n) is 5.27. The lowest BCUT2D eigenvalue weighted by atomic mass is 9.84. The molecule has 1 saturated heterocycles. The fourth-order valence-electron chi connectivity index (χ4n) is 3.76. The van der Waals surface area contributed by atoms with E-state index < -0.39 is 0 Å². The van der Waals surface area contributed by atoms with Gasteiger partial charge in [0.2, 0.25) is 5.91 Å². The molecule has 0 aliphatic carbocycles. The van der Waals surface area contributed by atoms with Crippen LogP contribution in [0.3, 0.4) is 0 Å². The van der Waals surface area contributed by atoms with Crippen LogP contribution in [0.25, 0.3) is 10.9 Å². The molecule has 1 amide bonds. The molecule has 0 saturated carbocycles. The zero-order valence-electron chi connectivity index (χ0n) is 14.6. The van der Waals surface area contributed by atoms with E-state index >= 15 is 0 Å². The molecule has 0 spiro atoms. The number of nitrogens with one attached hydrogen (secondary N) is 2.